The molecule has 1 amide bonds. The molecule has 1 aromatic rings. The number of carbonyl (C=O) groups is 1. The topological polar surface area (TPSA) is 23.6 Å². The number of piperidine rings is 1. The van der Waals surface area contributed by atoms with E-state index in [-0.39, 0.29) is 5.91 Å². The van der Waals surface area contributed by atoms with Gasteiger partial charge in [0.25, 0.3) is 0 Å². The number of amides is 1. The Morgan fingerprint density at radius 1 is 1.19 bits per heavy atom. The van der Waals surface area contributed by atoms with E-state index in [1.807, 2.05) is 11.1 Å². The van der Waals surface area contributed by atoms with Crippen LogP contribution in [0.2, 0.25) is 0 Å². The van der Waals surface area contributed by atoms with E-state index in [1.54, 1.807) is 0 Å². The smallest absolute Gasteiger partial charge is 0.226 e. The molecular formula is C18H24N2O. The van der Waals surface area contributed by atoms with Crippen LogP contribution in [0.1, 0.15) is 31.2 Å². The van der Waals surface area contributed by atoms with Gasteiger partial charge in [0.05, 0.1) is 0 Å². The lowest BCUT2D eigenvalue weighted by atomic mass is 9.96. The SMILES string of the molecule is O=C1CCC=CN1CC1CCCN(Cc2ccccc2)C1. The Morgan fingerprint density at radius 3 is 2.86 bits per heavy atom. The van der Waals surface area contributed by atoms with Crippen molar-refractivity contribution >= 4 is 5.91 Å². The number of rotatable bonds is 4. The van der Waals surface area contributed by atoms with Gasteiger partial charge in [-0.1, -0.05) is 36.4 Å². The van der Waals surface area contributed by atoms with E-state index in [1.165, 1.54) is 24.9 Å². The third-order valence-corrected chi connectivity index (χ3v) is 4.44. The molecule has 0 bridgehead atoms. The summed E-state index contributed by atoms with van der Waals surface area (Å²) >= 11 is 0. The van der Waals surface area contributed by atoms with Gasteiger partial charge in [0.2, 0.25) is 5.91 Å². The largest absolute Gasteiger partial charge is 0.319 e. The zero-order chi connectivity index (χ0) is 14.5. The maximum atomic E-state index is 11.9. The van der Waals surface area contributed by atoms with Crippen molar-refractivity contribution in [3.8, 4) is 0 Å². The molecule has 3 nitrogen and oxygen atoms in total. The summed E-state index contributed by atoms with van der Waals surface area (Å²) in [6, 6.07) is 10.7. The molecule has 2 aliphatic heterocycles. The summed E-state index contributed by atoms with van der Waals surface area (Å²) < 4.78 is 0. The lowest BCUT2D eigenvalue weighted by molar-refractivity contribution is -0.129. The van der Waals surface area contributed by atoms with Gasteiger partial charge < -0.3 is 4.90 Å². The predicted octanol–water partition coefficient (Wildman–Crippen LogP) is 3.03. The van der Waals surface area contributed by atoms with Crippen LogP contribution in [0.15, 0.2) is 42.6 Å². The first-order valence-electron chi connectivity index (χ1n) is 8.03. The Labute approximate surface area is 127 Å². The normalized spacial score (nSPS) is 23.5. The van der Waals surface area contributed by atoms with Crippen LogP contribution in [0.5, 0.6) is 0 Å². The molecule has 1 atom stereocenters. The molecule has 0 spiro atoms. The van der Waals surface area contributed by atoms with Crippen molar-refractivity contribution in [3.63, 3.8) is 0 Å². The molecule has 1 saturated heterocycles. The second-order valence-electron chi connectivity index (χ2n) is 6.20. The Kier molecular flexibility index (Phi) is 4.71. The lowest BCUT2D eigenvalue weighted by Crippen LogP contribution is -2.41. The molecular weight excluding hydrogens is 260 g/mol. The lowest BCUT2D eigenvalue weighted by Gasteiger charge is -2.35. The third-order valence-electron chi connectivity index (χ3n) is 4.44. The molecule has 21 heavy (non-hydrogen) atoms. The maximum Gasteiger partial charge on any atom is 0.226 e. The van der Waals surface area contributed by atoms with Crippen molar-refractivity contribution in [1.29, 1.82) is 0 Å². The van der Waals surface area contributed by atoms with Gasteiger partial charge in [-0.05, 0) is 37.3 Å². The highest BCUT2D eigenvalue weighted by atomic mass is 16.2. The highest BCUT2D eigenvalue weighted by Gasteiger charge is 2.24. The van der Waals surface area contributed by atoms with Crippen LogP contribution in [0.3, 0.4) is 0 Å². The van der Waals surface area contributed by atoms with Crippen LogP contribution < -0.4 is 0 Å². The van der Waals surface area contributed by atoms with Crippen molar-refractivity contribution < 1.29 is 4.79 Å². The minimum atomic E-state index is 0.290. The second-order valence-corrected chi connectivity index (χ2v) is 6.20. The van der Waals surface area contributed by atoms with Crippen molar-refractivity contribution in [1.82, 2.24) is 9.80 Å². The van der Waals surface area contributed by atoms with Crippen molar-refractivity contribution in [2.45, 2.75) is 32.2 Å². The molecule has 2 heterocycles. The predicted molar refractivity (Wildman–Crippen MR) is 84.5 cm³/mol. The molecule has 0 saturated carbocycles. The van der Waals surface area contributed by atoms with Crippen LogP contribution in [0, 0.1) is 5.92 Å². The third kappa shape index (κ3) is 3.94. The summed E-state index contributed by atoms with van der Waals surface area (Å²) in [6.45, 7) is 4.20. The Hall–Kier alpha value is -1.61. The van der Waals surface area contributed by atoms with Gasteiger partial charge in [-0.3, -0.25) is 9.69 Å². The molecule has 2 aliphatic rings. The van der Waals surface area contributed by atoms with Gasteiger partial charge in [-0.15, -0.1) is 0 Å². The van der Waals surface area contributed by atoms with Gasteiger partial charge >= 0.3 is 0 Å². The molecule has 0 N–H and O–H groups in total. The average molecular weight is 284 g/mol. The van der Waals surface area contributed by atoms with Crippen molar-refractivity contribution in [2.24, 2.45) is 5.92 Å². The van der Waals surface area contributed by atoms with Crippen LogP contribution in [0.25, 0.3) is 0 Å². The zero-order valence-corrected chi connectivity index (χ0v) is 12.6. The average Bonchev–Trinajstić information content (AvgIpc) is 2.51. The number of benzene rings is 1. The molecule has 0 aromatic heterocycles. The molecule has 1 fully saturated rings. The van der Waals surface area contributed by atoms with Gasteiger partial charge in [0.1, 0.15) is 0 Å². The van der Waals surface area contributed by atoms with Crippen LogP contribution in [-0.2, 0) is 11.3 Å². The summed E-state index contributed by atoms with van der Waals surface area (Å²) in [4.78, 5) is 16.4. The first kappa shape index (κ1) is 14.3. The molecule has 0 radical (unpaired) electrons. The van der Waals surface area contributed by atoms with E-state index in [0.717, 1.165) is 26.1 Å². The van der Waals surface area contributed by atoms with Gasteiger partial charge in [-0.25, -0.2) is 0 Å². The van der Waals surface area contributed by atoms with Crippen molar-refractivity contribution in [2.75, 3.05) is 19.6 Å². The maximum absolute atomic E-state index is 11.9. The molecule has 1 unspecified atom stereocenters. The second kappa shape index (κ2) is 6.90. The number of hydrogen-bond acceptors (Lipinski definition) is 2. The summed E-state index contributed by atoms with van der Waals surface area (Å²) in [7, 11) is 0. The summed E-state index contributed by atoms with van der Waals surface area (Å²) in [6.07, 6.45) is 8.16. The monoisotopic (exact) mass is 284 g/mol. The Bertz CT molecular complexity index is 497. The first-order valence-corrected chi connectivity index (χ1v) is 8.03. The number of likely N-dealkylation sites (tertiary alicyclic amines) is 1. The highest BCUT2D eigenvalue weighted by Crippen LogP contribution is 2.21. The molecule has 3 heteroatoms. The van der Waals surface area contributed by atoms with Crippen LogP contribution >= 0.6 is 0 Å². The van der Waals surface area contributed by atoms with Crippen LogP contribution in [0.4, 0.5) is 0 Å². The fourth-order valence-electron chi connectivity index (χ4n) is 3.36. The summed E-state index contributed by atoms with van der Waals surface area (Å²) in [5.74, 6) is 0.895. The minimum absolute atomic E-state index is 0.290. The van der Waals surface area contributed by atoms with E-state index in [9.17, 15) is 4.79 Å². The molecule has 1 aromatic carbocycles. The fraction of sp³-hybridized carbons (Fsp3) is 0.500. The number of hydrogen-bond donors (Lipinski definition) is 0. The first-order chi connectivity index (χ1) is 10.3. The van der Waals surface area contributed by atoms with E-state index in [2.05, 4.69) is 41.3 Å². The fourth-order valence-corrected chi connectivity index (χ4v) is 3.36. The summed E-state index contributed by atoms with van der Waals surface area (Å²) in [5, 5.41) is 0. The number of carbonyl (C=O) groups excluding carboxylic acids is 1. The van der Waals surface area contributed by atoms with Gasteiger partial charge in [0, 0.05) is 32.3 Å². The minimum Gasteiger partial charge on any atom is -0.319 e. The van der Waals surface area contributed by atoms with E-state index >= 15 is 0 Å². The molecule has 0 aliphatic carbocycles. The number of allylic oxidation sites excluding steroid dienone is 1. The standard InChI is InChI=1S/C18H24N2O/c21-18-10-4-5-12-20(18)15-17-9-6-11-19(14-17)13-16-7-2-1-3-8-16/h1-3,5,7-8,12,17H,4,6,9-11,13-15H2. The number of nitrogens with zero attached hydrogens (tertiary/aromatic N) is 2. The quantitative estimate of drug-likeness (QED) is 0.848. The van der Waals surface area contributed by atoms with E-state index in [0.29, 0.717) is 12.3 Å². The molecule has 112 valence electrons. The molecule has 3 rings (SSSR count). The van der Waals surface area contributed by atoms with E-state index in [4.69, 9.17) is 0 Å². The Morgan fingerprint density at radius 2 is 2.05 bits per heavy atom. The highest BCUT2D eigenvalue weighted by molar-refractivity contribution is 5.78. The van der Waals surface area contributed by atoms with Crippen LogP contribution in [-0.4, -0.2) is 35.3 Å². The van der Waals surface area contributed by atoms with Crippen molar-refractivity contribution in [3.05, 3.63) is 48.2 Å². The Balaban J connectivity index is 1.54. The van der Waals surface area contributed by atoms with Gasteiger partial charge in [0.15, 0.2) is 0 Å². The van der Waals surface area contributed by atoms with Gasteiger partial charge in [-0.2, -0.15) is 0 Å². The van der Waals surface area contributed by atoms with E-state index < -0.39 is 0 Å². The summed E-state index contributed by atoms with van der Waals surface area (Å²) in [5.41, 5.74) is 1.38. The zero-order valence-electron chi connectivity index (χ0n) is 12.6.